The van der Waals surface area contributed by atoms with Crippen molar-refractivity contribution in [3.05, 3.63) is 53.6 Å². The molecule has 0 aliphatic carbocycles. The number of benzene rings is 1. The number of nitrogens with zero attached hydrogens (tertiary/aromatic N) is 5. The molecule has 2 aliphatic rings. The average Bonchev–Trinajstić information content (AvgIpc) is 2.82. The third-order valence-electron chi connectivity index (χ3n) is 7.24. The van der Waals surface area contributed by atoms with Crippen molar-refractivity contribution < 1.29 is 5.11 Å². The van der Waals surface area contributed by atoms with E-state index >= 15 is 0 Å². The van der Waals surface area contributed by atoms with E-state index < -0.39 is 0 Å². The van der Waals surface area contributed by atoms with Crippen LogP contribution >= 0.6 is 0 Å². The Bertz CT molecular complexity index is 1220. The largest absolute Gasteiger partial charge is 0.393 e. The van der Waals surface area contributed by atoms with Gasteiger partial charge in [0.2, 0.25) is 5.95 Å². The second-order valence-electron chi connectivity index (χ2n) is 10.4. The van der Waals surface area contributed by atoms with Gasteiger partial charge in [-0.25, -0.2) is 9.97 Å². The normalized spacial score (nSPS) is 21.2. The van der Waals surface area contributed by atoms with Crippen molar-refractivity contribution in [1.29, 1.82) is 5.41 Å². The van der Waals surface area contributed by atoms with Gasteiger partial charge in [-0.1, -0.05) is 33.8 Å². The van der Waals surface area contributed by atoms with Crippen LogP contribution in [-0.2, 0) is 0 Å². The summed E-state index contributed by atoms with van der Waals surface area (Å²) in [4.78, 5) is 18.4. The molecule has 2 aliphatic heterocycles. The number of piperidine rings is 1. The van der Waals surface area contributed by atoms with Crippen LogP contribution in [0.25, 0.3) is 10.8 Å². The van der Waals surface area contributed by atoms with Crippen molar-refractivity contribution in [2.75, 3.05) is 36.0 Å². The number of fused-ring (bicyclic) bond motifs is 1. The Balaban J connectivity index is 1.48. The molecule has 1 aromatic carbocycles. The molecule has 7 heteroatoms. The van der Waals surface area contributed by atoms with E-state index in [1.165, 1.54) is 11.3 Å². The molecule has 0 spiro atoms. The maximum absolute atomic E-state index is 10.1. The Kier molecular flexibility index (Phi) is 5.98. The maximum Gasteiger partial charge on any atom is 0.225 e. The van der Waals surface area contributed by atoms with E-state index in [0.717, 1.165) is 29.8 Å². The molecule has 2 saturated heterocycles. The molecular formula is C27H34N6O. The van der Waals surface area contributed by atoms with Gasteiger partial charge >= 0.3 is 0 Å². The van der Waals surface area contributed by atoms with Gasteiger partial charge in [-0.2, -0.15) is 0 Å². The lowest BCUT2D eigenvalue weighted by atomic mass is 9.93. The average molecular weight is 459 g/mol. The van der Waals surface area contributed by atoms with Gasteiger partial charge < -0.3 is 14.9 Å². The van der Waals surface area contributed by atoms with Crippen molar-refractivity contribution in [2.45, 2.75) is 46.1 Å². The molecule has 2 unspecified atom stereocenters. The fraction of sp³-hybridized carbons (Fsp3) is 0.481. The number of anilines is 2. The van der Waals surface area contributed by atoms with E-state index in [4.69, 9.17) is 15.4 Å². The van der Waals surface area contributed by atoms with Crippen molar-refractivity contribution in [1.82, 2.24) is 15.0 Å². The minimum atomic E-state index is -0.279. The molecule has 5 rings (SSSR count). The first kappa shape index (κ1) is 22.7. The quantitative estimate of drug-likeness (QED) is 0.556. The number of hydrogen-bond donors (Lipinski definition) is 2. The molecule has 0 bridgehead atoms. The standard InChI is InChI=1S/C27H34N6O/c1-16(2)19-5-6-24(33-13-17(3)14-33)21-12-30-23(11-20(19)21)26(28)22-7-9-29-27(31-22)32-10-8-25(34)18(4)15-32/h5-7,9,11-12,16-18,25,28,34H,8,10,13-15H2,1-4H3. The molecule has 2 fully saturated rings. The van der Waals surface area contributed by atoms with Gasteiger partial charge in [0.15, 0.2) is 0 Å². The van der Waals surface area contributed by atoms with Gasteiger partial charge in [-0.3, -0.25) is 10.4 Å². The lowest BCUT2D eigenvalue weighted by molar-refractivity contribution is 0.0966. The van der Waals surface area contributed by atoms with Crippen LogP contribution in [0, 0.1) is 17.2 Å². The number of pyridine rings is 1. The molecule has 2 aromatic heterocycles. The predicted molar refractivity (Wildman–Crippen MR) is 137 cm³/mol. The van der Waals surface area contributed by atoms with E-state index in [0.29, 0.717) is 48.5 Å². The molecule has 3 aromatic rings. The topological polar surface area (TPSA) is 89.2 Å². The summed E-state index contributed by atoms with van der Waals surface area (Å²) < 4.78 is 0. The summed E-state index contributed by atoms with van der Waals surface area (Å²) in [6.07, 6.45) is 4.07. The van der Waals surface area contributed by atoms with Crippen molar-refractivity contribution >= 4 is 28.1 Å². The summed E-state index contributed by atoms with van der Waals surface area (Å²) in [5.41, 5.74) is 3.99. The van der Waals surface area contributed by atoms with E-state index in [1.807, 2.05) is 13.1 Å². The monoisotopic (exact) mass is 458 g/mol. The fourth-order valence-electron chi connectivity index (χ4n) is 5.14. The summed E-state index contributed by atoms with van der Waals surface area (Å²) in [7, 11) is 0. The number of nitrogens with one attached hydrogen (secondary N) is 1. The van der Waals surface area contributed by atoms with Crippen molar-refractivity contribution in [3.63, 3.8) is 0 Å². The Labute approximate surface area is 201 Å². The maximum atomic E-state index is 10.1. The van der Waals surface area contributed by atoms with Crippen LogP contribution in [0.1, 0.15) is 57.0 Å². The summed E-state index contributed by atoms with van der Waals surface area (Å²) in [6.45, 7) is 12.3. The summed E-state index contributed by atoms with van der Waals surface area (Å²) in [5, 5.41) is 21.3. The minimum absolute atomic E-state index is 0.167. The SMILES string of the molecule is CC1CN(c2ccc(C(C)C)c3cc(C(=N)c4ccnc(N5CCC(O)C(C)C5)n4)ncc23)C1. The van der Waals surface area contributed by atoms with Gasteiger partial charge in [-0.15, -0.1) is 0 Å². The van der Waals surface area contributed by atoms with Gasteiger partial charge in [-0.05, 0) is 53.3 Å². The lowest BCUT2D eigenvalue weighted by Gasteiger charge is -2.40. The first-order valence-corrected chi connectivity index (χ1v) is 12.3. The van der Waals surface area contributed by atoms with E-state index in [9.17, 15) is 5.11 Å². The number of hydrogen-bond acceptors (Lipinski definition) is 7. The highest BCUT2D eigenvalue weighted by Gasteiger charge is 2.27. The highest BCUT2D eigenvalue weighted by Crippen LogP contribution is 2.36. The molecule has 0 amide bonds. The number of aliphatic hydroxyl groups is 1. The summed E-state index contributed by atoms with van der Waals surface area (Å²) in [5.74, 6) is 1.87. The van der Waals surface area contributed by atoms with Crippen LogP contribution in [-0.4, -0.2) is 58.1 Å². The van der Waals surface area contributed by atoms with E-state index in [1.54, 1.807) is 12.3 Å². The van der Waals surface area contributed by atoms with Gasteiger partial charge in [0.25, 0.3) is 0 Å². The third kappa shape index (κ3) is 4.13. The van der Waals surface area contributed by atoms with E-state index in [2.05, 4.69) is 53.8 Å². The zero-order chi connectivity index (χ0) is 24.0. The summed E-state index contributed by atoms with van der Waals surface area (Å²) in [6, 6.07) is 8.29. The van der Waals surface area contributed by atoms with Crippen LogP contribution in [0.2, 0.25) is 0 Å². The molecular weight excluding hydrogens is 424 g/mol. The van der Waals surface area contributed by atoms with Gasteiger partial charge in [0.05, 0.1) is 17.5 Å². The third-order valence-corrected chi connectivity index (χ3v) is 7.24. The molecule has 2 atom stereocenters. The van der Waals surface area contributed by atoms with Crippen LogP contribution in [0.5, 0.6) is 0 Å². The Morgan fingerprint density at radius 2 is 1.82 bits per heavy atom. The Hall–Kier alpha value is -3.06. The highest BCUT2D eigenvalue weighted by atomic mass is 16.3. The van der Waals surface area contributed by atoms with E-state index in [-0.39, 0.29) is 12.0 Å². The molecule has 178 valence electrons. The first-order valence-electron chi connectivity index (χ1n) is 12.3. The highest BCUT2D eigenvalue weighted by molar-refractivity contribution is 6.10. The van der Waals surface area contributed by atoms with Crippen LogP contribution in [0.3, 0.4) is 0 Å². The zero-order valence-electron chi connectivity index (χ0n) is 20.5. The van der Waals surface area contributed by atoms with Crippen LogP contribution in [0.15, 0.2) is 36.7 Å². The molecule has 2 N–H and O–H groups in total. The Morgan fingerprint density at radius 3 is 2.53 bits per heavy atom. The molecule has 0 saturated carbocycles. The minimum Gasteiger partial charge on any atom is -0.393 e. The predicted octanol–water partition coefficient (Wildman–Crippen LogP) is 4.23. The number of aliphatic hydroxyl groups excluding tert-OH is 1. The number of rotatable bonds is 5. The van der Waals surface area contributed by atoms with Gasteiger partial charge in [0.1, 0.15) is 5.71 Å². The number of aromatic nitrogens is 3. The first-order chi connectivity index (χ1) is 16.3. The molecule has 34 heavy (non-hydrogen) atoms. The Morgan fingerprint density at radius 1 is 1.03 bits per heavy atom. The summed E-state index contributed by atoms with van der Waals surface area (Å²) >= 11 is 0. The molecule has 4 heterocycles. The molecule has 0 radical (unpaired) electrons. The van der Waals surface area contributed by atoms with Crippen LogP contribution < -0.4 is 9.80 Å². The second kappa shape index (κ2) is 8.95. The second-order valence-corrected chi connectivity index (χ2v) is 10.4. The fourth-order valence-corrected chi connectivity index (χ4v) is 5.14. The zero-order valence-corrected chi connectivity index (χ0v) is 20.5. The van der Waals surface area contributed by atoms with Crippen molar-refractivity contribution in [3.8, 4) is 0 Å². The lowest BCUT2D eigenvalue weighted by Crippen LogP contribution is -2.45. The van der Waals surface area contributed by atoms with Gasteiger partial charge in [0, 0.05) is 49.6 Å². The van der Waals surface area contributed by atoms with Crippen molar-refractivity contribution in [2.24, 2.45) is 11.8 Å². The van der Waals surface area contributed by atoms with Crippen LogP contribution in [0.4, 0.5) is 11.6 Å². The smallest absolute Gasteiger partial charge is 0.225 e. The molecule has 7 nitrogen and oxygen atoms in total.